The Morgan fingerprint density at radius 2 is 2.06 bits per heavy atom. The fraction of sp³-hybridized carbons (Fsp3) is 0.478. The Hall–Kier alpha value is -2.74. The van der Waals surface area contributed by atoms with E-state index in [1.807, 2.05) is 0 Å². The number of halogens is 2. The van der Waals surface area contributed by atoms with Crippen LogP contribution in [0.3, 0.4) is 0 Å². The molecule has 1 amide bonds. The smallest absolute Gasteiger partial charge is 0.259 e. The zero-order chi connectivity index (χ0) is 22.2. The van der Waals surface area contributed by atoms with Gasteiger partial charge in [-0.05, 0) is 44.7 Å². The van der Waals surface area contributed by atoms with Gasteiger partial charge in [0, 0.05) is 32.0 Å². The van der Waals surface area contributed by atoms with Crippen molar-refractivity contribution in [2.75, 3.05) is 13.1 Å². The first-order chi connectivity index (χ1) is 15.5. The molecule has 3 aromatic rings. The number of aromatic nitrogens is 4. The standard InChI is InChI=1S/C23H25ClFN5O2/c1-14-19(21(28-32-14)20-16(24)8-5-9-17(20)25)23(31)29-11-6-7-15(13-29)22-27-26-18-10-3-2-4-12-30(18)22/h5,8-9,15H,2-4,6-7,10-13H2,1H3/t15-/m1/s1. The lowest BCUT2D eigenvalue weighted by Gasteiger charge is -2.32. The summed E-state index contributed by atoms with van der Waals surface area (Å²) in [6.07, 6.45) is 6.23. The number of carbonyl (C=O) groups excluding carboxylic acids is 1. The number of fused-ring (bicyclic) bond motifs is 1. The second-order valence-electron chi connectivity index (χ2n) is 8.59. The molecule has 2 aliphatic heterocycles. The number of carbonyl (C=O) groups is 1. The van der Waals surface area contributed by atoms with Gasteiger partial charge in [-0.1, -0.05) is 29.2 Å². The highest BCUT2D eigenvalue weighted by molar-refractivity contribution is 6.33. The first-order valence-corrected chi connectivity index (χ1v) is 11.5. The van der Waals surface area contributed by atoms with Crippen LogP contribution in [-0.2, 0) is 13.0 Å². The van der Waals surface area contributed by atoms with Crippen molar-refractivity contribution in [1.82, 2.24) is 24.8 Å². The maximum atomic E-state index is 14.6. The predicted molar refractivity (Wildman–Crippen MR) is 117 cm³/mol. The van der Waals surface area contributed by atoms with E-state index in [9.17, 15) is 9.18 Å². The summed E-state index contributed by atoms with van der Waals surface area (Å²) in [5, 5.41) is 13.1. The minimum atomic E-state index is -0.539. The summed E-state index contributed by atoms with van der Waals surface area (Å²) in [5.41, 5.74) is 0.498. The second kappa shape index (κ2) is 8.65. The summed E-state index contributed by atoms with van der Waals surface area (Å²) >= 11 is 6.24. The topological polar surface area (TPSA) is 77.1 Å². The Balaban J connectivity index is 1.44. The molecular formula is C23H25ClFN5O2. The van der Waals surface area contributed by atoms with Crippen LogP contribution in [0.25, 0.3) is 11.3 Å². The Kier molecular flexibility index (Phi) is 5.71. The van der Waals surface area contributed by atoms with E-state index in [-0.39, 0.29) is 33.7 Å². The molecule has 2 aliphatic rings. The molecule has 1 aromatic carbocycles. The molecule has 1 fully saturated rings. The third-order valence-corrected chi connectivity index (χ3v) is 6.80. The van der Waals surface area contributed by atoms with E-state index >= 15 is 0 Å². The van der Waals surface area contributed by atoms with Gasteiger partial charge >= 0.3 is 0 Å². The molecule has 1 atom stereocenters. The molecule has 0 spiro atoms. The fourth-order valence-electron chi connectivity index (χ4n) is 4.86. The Labute approximate surface area is 190 Å². The van der Waals surface area contributed by atoms with Crippen molar-refractivity contribution >= 4 is 17.5 Å². The number of hydrogen-bond acceptors (Lipinski definition) is 5. The molecule has 0 bridgehead atoms. The Morgan fingerprint density at radius 1 is 1.19 bits per heavy atom. The Morgan fingerprint density at radius 3 is 2.91 bits per heavy atom. The summed E-state index contributed by atoms with van der Waals surface area (Å²) < 4.78 is 22.1. The normalized spacial score (nSPS) is 19.0. The molecule has 2 aromatic heterocycles. The van der Waals surface area contributed by atoms with E-state index in [4.69, 9.17) is 16.1 Å². The van der Waals surface area contributed by atoms with Crippen LogP contribution >= 0.6 is 11.6 Å². The van der Waals surface area contributed by atoms with E-state index in [1.54, 1.807) is 17.9 Å². The van der Waals surface area contributed by atoms with Crippen molar-refractivity contribution in [2.24, 2.45) is 0 Å². The van der Waals surface area contributed by atoms with Crippen LogP contribution in [0.1, 0.15) is 65.8 Å². The molecule has 32 heavy (non-hydrogen) atoms. The van der Waals surface area contributed by atoms with Crippen molar-refractivity contribution in [3.05, 3.63) is 52.0 Å². The lowest BCUT2D eigenvalue weighted by Crippen LogP contribution is -2.40. The van der Waals surface area contributed by atoms with Gasteiger partial charge in [0.05, 0.1) is 10.6 Å². The van der Waals surface area contributed by atoms with Crippen LogP contribution in [0.4, 0.5) is 4.39 Å². The first-order valence-electron chi connectivity index (χ1n) is 11.2. The molecule has 5 rings (SSSR count). The zero-order valence-corrected chi connectivity index (χ0v) is 18.7. The molecule has 0 N–H and O–H groups in total. The van der Waals surface area contributed by atoms with E-state index < -0.39 is 5.82 Å². The quantitative estimate of drug-likeness (QED) is 0.565. The van der Waals surface area contributed by atoms with Crippen molar-refractivity contribution in [1.29, 1.82) is 0 Å². The highest BCUT2D eigenvalue weighted by Crippen LogP contribution is 2.35. The number of amides is 1. The number of nitrogens with zero attached hydrogens (tertiary/aromatic N) is 5. The number of aryl methyl sites for hydroxylation is 2. The van der Waals surface area contributed by atoms with E-state index in [1.165, 1.54) is 18.6 Å². The van der Waals surface area contributed by atoms with E-state index in [2.05, 4.69) is 19.9 Å². The highest BCUT2D eigenvalue weighted by atomic mass is 35.5. The van der Waals surface area contributed by atoms with Crippen LogP contribution < -0.4 is 0 Å². The third-order valence-electron chi connectivity index (χ3n) is 6.49. The van der Waals surface area contributed by atoms with Crippen molar-refractivity contribution < 1.29 is 13.7 Å². The second-order valence-corrected chi connectivity index (χ2v) is 8.99. The maximum absolute atomic E-state index is 14.6. The Bertz CT molecular complexity index is 1140. The van der Waals surface area contributed by atoms with Gasteiger partial charge in [-0.2, -0.15) is 0 Å². The zero-order valence-electron chi connectivity index (χ0n) is 18.0. The number of piperidine rings is 1. The van der Waals surface area contributed by atoms with Gasteiger partial charge in [0.25, 0.3) is 5.91 Å². The molecule has 0 unspecified atom stereocenters. The summed E-state index contributed by atoms with van der Waals surface area (Å²) in [7, 11) is 0. The molecule has 0 saturated carbocycles. The van der Waals surface area contributed by atoms with Gasteiger partial charge in [-0.3, -0.25) is 4.79 Å². The van der Waals surface area contributed by atoms with Gasteiger partial charge in [-0.15, -0.1) is 10.2 Å². The fourth-order valence-corrected chi connectivity index (χ4v) is 5.11. The molecular weight excluding hydrogens is 433 g/mol. The molecule has 168 valence electrons. The summed E-state index contributed by atoms with van der Waals surface area (Å²) in [6.45, 7) is 3.75. The molecule has 4 heterocycles. The lowest BCUT2D eigenvalue weighted by molar-refractivity contribution is 0.0702. The first kappa shape index (κ1) is 21.1. The largest absolute Gasteiger partial charge is 0.360 e. The van der Waals surface area contributed by atoms with Crippen LogP contribution in [-0.4, -0.2) is 43.8 Å². The average Bonchev–Trinajstić information content (AvgIpc) is 3.28. The minimum Gasteiger partial charge on any atom is -0.360 e. The van der Waals surface area contributed by atoms with Gasteiger partial charge in [-0.25, -0.2) is 4.39 Å². The number of likely N-dealkylation sites (tertiary alicyclic amines) is 1. The summed E-state index contributed by atoms with van der Waals surface area (Å²) in [4.78, 5) is 15.4. The maximum Gasteiger partial charge on any atom is 0.259 e. The van der Waals surface area contributed by atoms with Gasteiger partial charge in [0.2, 0.25) is 0 Å². The SMILES string of the molecule is Cc1onc(-c2c(F)cccc2Cl)c1C(=O)N1CCC[C@@H](c2nnc3n2CCCCC3)C1. The van der Waals surface area contributed by atoms with Crippen molar-refractivity contribution in [2.45, 2.75) is 57.9 Å². The van der Waals surface area contributed by atoms with E-state index in [0.717, 1.165) is 50.3 Å². The summed E-state index contributed by atoms with van der Waals surface area (Å²) in [5.74, 6) is 1.72. The van der Waals surface area contributed by atoms with Gasteiger partial charge in [0.1, 0.15) is 34.5 Å². The van der Waals surface area contributed by atoms with Crippen molar-refractivity contribution in [3.63, 3.8) is 0 Å². The van der Waals surface area contributed by atoms with Gasteiger partial charge < -0.3 is 14.0 Å². The number of benzene rings is 1. The molecule has 7 nitrogen and oxygen atoms in total. The predicted octanol–water partition coefficient (Wildman–Crippen LogP) is 4.78. The van der Waals surface area contributed by atoms with Crippen molar-refractivity contribution in [3.8, 4) is 11.3 Å². The van der Waals surface area contributed by atoms with Crippen LogP contribution in [0, 0.1) is 12.7 Å². The van der Waals surface area contributed by atoms with Crippen LogP contribution in [0.5, 0.6) is 0 Å². The third kappa shape index (κ3) is 3.70. The molecule has 1 saturated heterocycles. The van der Waals surface area contributed by atoms with Crippen LogP contribution in [0.2, 0.25) is 5.02 Å². The summed E-state index contributed by atoms with van der Waals surface area (Å²) in [6, 6.07) is 4.39. The average molecular weight is 458 g/mol. The monoisotopic (exact) mass is 457 g/mol. The molecule has 9 heteroatoms. The lowest BCUT2D eigenvalue weighted by atomic mass is 9.95. The van der Waals surface area contributed by atoms with Crippen LogP contribution in [0.15, 0.2) is 22.7 Å². The highest BCUT2D eigenvalue weighted by Gasteiger charge is 2.33. The minimum absolute atomic E-state index is 0.0886. The van der Waals surface area contributed by atoms with E-state index in [0.29, 0.717) is 18.8 Å². The molecule has 0 radical (unpaired) electrons. The number of rotatable bonds is 3. The number of hydrogen-bond donors (Lipinski definition) is 0. The molecule has 0 aliphatic carbocycles. The van der Waals surface area contributed by atoms with Gasteiger partial charge in [0.15, 0.2) is 0 Å².